The van der Waals surface area contributed by atoms with Gasteiger partial charge in [0, 0.05) is 13.1 Å². The van der Waals surface area contributed by atoms with Gasteiger partial charge in [-0.1, -0.05) is 51.1 Å². The number of hydrogen-bond acceptors (Lipinski definition) is 3. The van der Waals surface area contributed by atoms with E-state index in [4.69, 9.17) is 5.73 Å². The molecule has 0 amide bonds. The minimum Gasteiger partial charge on any atom is -0.480 e. The fourth-order valence-corrected chi connectivity index (χ4v) is 3.05. The Morgan fingerprint density at radius 3 is 2.43 bits per heavy atom. The molecule has 0 bridgehead atoms. The van der Waals surface area contributed by atoms with E-state index in [1.807, 2.05) is 18.2 Å². The van der Waals surface area contributed by atoms with Crippen LogP contribution >= 0.6 is 0 Å². The Hall–Kier alpha value is -1.39. The van der Waals surface area contributed by atoms with Crippen LogP contribution in [0.3, 0.4) is 0 Å². The second-order valence-electron chi connectivity index (χ2n) is 7.23. The first-order chi connectivity index (χ1) is 9.73. The number of rotatable bonds is 4. The summed E-state index contributed by atoms with van der Waals surface area (Å²) in [7, 11) is 0. The molecule has 116 valence electrons. The van der Waals surface area contributed by atoms with E-state index in [1.165, 1.54) is 0 Å². The Labute approximate surface area is 126 Å². The second kappa shape index (κ2) is 5.78. The van der Waals surface area contributed by atoms with Crippen LogP contribution in [-0.2, 0) is 10.3 Å². The van der Waals surface area contributed by atoms with Crippen molar-refractivity contribution in [2.24, 2.45) is 17.1 Å². The van der Waals surface area contributed by atoms with E-state index >= 15 is 0 Å². The molecule has 4 nitrogen and oxygen atoms in total. The van der Waals surface area contributed by atoms with Gasteiger partial charge in [-0.2, -0.15) is 0 Å². The first kappa shape index (κ1) is 16.0. The molecule has 1 fully saturated rings. The lowest BCUT2D eigenvalue weighted by molar-refractivity contribution is -0.144. The highest BCUT2D eigenvalue weighted by Crippen LogP contribution is 2.34. The fraction of sp³-hybridized carbons (Fsp3) is 0.588. The van der Waals surface area contributed by atoms with Gasteiger partial charge < -0.3 is 15.7 Å². The van der Waals surface area contributed by atoms with Crippen molar-refractivity contribution >= 4 is 5.97 Å². The summed E-state index contributed by atoms with van der Waals surface area (Å²) in [6, 6.07) is 9.14. The van der Waals surface area contributed by atoms with Gasteiger partial charge >= 0.3 is 5.97 Å². The fourth-order valence-electron chi connectivity index (χ4n) is 3.05. The molecule has 1 aliphatic rings. The van der Waals surface area contributed by atoms with E-state index < -0.39 is 11.5 Å². The SMILES string of the molecule is CC(C)(C)C1CCN(CC(N)(C(=O)O)c2ccccc2)C1. The molecule has 1 saturated heterocycles. The lowest BCUT2D eigenvalue weighted by Gasteiger charge is -2.32. The summed E-state index contributed by atoms with van der Waals surface area (Å²) < 4.78 is 0. The Kier molecular flexibility index (Phi) is 4.40. The van der Waals surface area contributed by atoms with Crippen molar-refractivity contribution in [2.45, 2.75) is 32.7 Å². The van der Waals surface area contributed by atoms with Crippen molar-refractivity contribution in [1.82, 2.24) is 4.90 Å². The first-order valence-corrected chi connectivity index (χ1v) is 7.53. The highest BCUT2D eigenvalue weighted by molar-refractivity contribution is 5.80. The average molecular weight is 290 g/mol. The van der Waals surface area contributed by atoms with Gasteiger partial charge in [0.05, 0.1) is 0 Å². The molecule has 3 N–H and O–H groups in total. The molecular weight excluding hydrogens is 264 g/mol. The topological polar surface area (TPSA) is 66.6 Å². The number of hydrogen-bond donors (Lipinski definition) is 2. The average Bonchev–Trinajstić information content (AvgIpc) is 2.88. The van der Waals surface area contributed by atoms with Crippen LogP contribution in [0.1, 0.15) is 32.8 Å². The van der Waals surface area contributed by atoms with Crippen LogP contribution in [0.25, 0.3) is 0 Å². The molecule has 0 spiro atoms. The van der Waals surface area contributed by atoms with E-state index in [2.05, 4.69) is 25.7 Å². The van der Waals surface area contributed by atoms with Crippen LogP contribution in [0.15, 0.2) is 30.3 Å². The lowest BCUT2D eigenvalue weighted by atomic mass is 9.80. The van der Waals surface area contributed by atoms with E-state index in [9.17, 15) is 9.90 Å². The third-order valence-electron chi connectivity index (χ3n) is 4.64. The number of likely N-dealkylation sites (tertiary alicyclic amines) is 1. The molecule has 0 aliphatic carbocycles. The Morgan fingerprint density at radius 2 is 1.95 bits per heavy atom. The van der Waals surface area contributed by atoms with Crippen LogP contribution < -0.4 is 5.73 Å². The number of nitrogens with zero attached hydrogens (tertiary/aromatic N) is 1. The molecule has 4 heteroatoms. The van der Waals surface area contributed by atoms with Crippen molar-refractivity contribution in [2.75, 3.05) is 19.6 Å². The van der Waals surface area contributed by atoms with Gasteiger partial charge in [0.1, 0.15) is 0 Å². The maximum atomic E-state index is 11.7. The zero-order valence-electron chi connectivity index (χ0n) is 13.2. The third-order valence-corrected chi connectivity index (χ3v) is 4.64. The molecular formula is C17H26N2O2. The molecule has 2 atom stereocenters. The molecule has 2 rings (SSSR count). The molecule has 2 unspecified atom stereocenters. The Morgan fingerprint density at radius 1 is 1.33 bits per heavy atom. The molecule has 1 aromatic carbocycles. The smallest absolute Gasteiger partial charge is 0.329 e. The van der Waals surface area contributed by atoms with Gasteiger partial charge in [-0.15, -0.1) is 0 Å². The number of benzene rings is 1. The molecule has 0 radical (unpaired) electrons. The van der Waals surface area contributed by atoms with Crippen LogP contribution in [0.5, 0.6) is 0 Å². The summed E-state index contributed by atoms with van der Waals surface area (Å²) in [5.41, 5.74) is 5.83. The van der Waals surface area contributed by atoms with E-state index in [1.54, 1.807) is 12.1 Å². The zero-order chi connectivity index (χ0) is 15.7. The molecule has 0 aromatic heterocycles. The van der Waals surface area contributed by atoms with E-state index in [0.717, 1.165) is 19.5 Å². The Balaban J connectivity index is 2.14. The van der Waals surface area contributed by atoms with Crippen molar-refractivity contribution in [1.29, 1.82) is 0 Å². The quantitative estimate of drug-likeness (QED) is 0.893. The lowest BCUT2D eigenvalue weighted by Crippen LogP contribution is -2.53. The summed E-state index contributed by atoms with van der Waals surface area (Å²) >= 11 is 0. The van der Waals surface area contributed by atoms with E-state index in [0.29, 0.717) is 18.0 Å². The maximum absolute atomic E-state index is 11.7. The molecule has 1 heterocycles. The predicted octanol–water partition coefficient (Wildman–Crippen LogP) is 2.29. The monoisotopic (exact) mass is 290 g/mol. The van der Waals surface area contributed by atoms with Crippen LogP contribution in [-0.4, -0.2) is 35.6 Å². The van der Waals surface area contributed by atoms with Gasteiger partial charge in [0.15, 0.2) is 5.54 Å². The summed E-state index contributed by atoms with van der Waals surface area (Å²) in [4.78, 5) is 13.9. The highest BCUT2D eigenvalue weighted by Gasteiger charge is 2.41. The first-order valence-electron chi connectivity index (χ1n) is 7.53. The molecule has 0 saturated carbocycles. The standard InChI is InChI=1S/C17H26N2O2/c1-16(2,3)14-9-10-19(11-14)12-17(18,15(20)21)13-7-5-4-6-8-13/h4-8,14H,9-12,18H2,1-3H3,(H,20,21). The molecule has 1 aromatic rings. The van der Waals surface area contributed by atoms with Gasteiger partial charge in [-0.25, -0.2) is 4.79 Å². The van der Waals surface area contributed by atoms with Crippen molar-refractivity contribution in [3.05, 3.63) is 35.9 Å². The van der Waals surface area contributed by atoms with Crippen molar-refractivity contribution in [3.63, 3.8) is 0 Å². The Bertz CT molecular complexity index is 495. The van der Waals surface area contributed by atoms with Crippen molar-refractivity contribution < 1.29 is 9.90 Å². The van der Waals surface area contributed by atoms with Gasteiger partial charge in [-0.3, -0.25) is 0 Å². The highest BCUT2D eigenvalue weighted by atomic mass is 16.4. The minimum atomic E-state index is -1.34. The third kappa shape index (κ3) is 3.44. The number of carboxylic acid groups (broad SMARTS) is 1. The van der Waals surface area contributed by atoms with E-state index in [-0.39, 0.29) is 5.41 Å². The van der Waals surface area contributed by atoms with Crippen molar-refractivity contribution in [3.8, 4) is 0 Å². The number of nitrogens with two attached hydrogens (primary N) is 1. The summed E-state index contributed by atoms with van der Waals surface area (Å²) in [6.45, 7) is 8.92. The largest absolute Gasteiger partial charge is 0.480 e. The minimum absolute atomic E-state index is 0.252. The van der Waals surface area contributed by atoms with Gasteiger partial charge in [0.2, 0.25) is 0 Å². The molecule has 1 aliphatic heterocycles. The number of carboxylic acids is 1. The summed E-state index contributed by atoms with van der Waals surface area (Å²) in [6.07, 6.45) is 1.11. The maximum Gasteiger partial charge on any atom is 0.329 e. The summed E-state index contributed by atoms with van der Waals surface area (Å²) in [5.74, 6) is -0.376. The van der Waals surface area contributed by atoms with Crippen LogP contribution in [0.4, 0.5) is 0 Å². The predicted molar refractivity (Wildman–Crippen MR) is 83.9 cm³/mol. The second-order valence-corrected chi connectivity index (χ2v) is 7.23. The van der Waals surface area contributed by atoms with Gasteiger partial charge in [-0.05, 0) is 29.9 Å². The normalized spacial score (nSPS) is 23.0. The van der Waals surface area contributed by atoms with Gasteiger partial charge in [0.25, 0.3) is 0 Å². The number of carbonyl (C=O) groups is 1. The molecule has 21 heavy (non-hydrogen) atoms. The van der Waals surface area contributed by atoms with Crippen LogP contribution in [0, 0.1) is 11.3 Å². The number of aliphatic carboxylic acids is 1. The van der Waals surface area contributed by atoms with Crippen LogP contribution in [0.2, 0.25) is 0 Å². The zero-order valence-corrected chi connectivity index (χ0v) is 13.2. The summed E-state index contributed by atoms with van der Waals surface area (Å²) in [5, 5.41) is 9.62.